The molecule has 0 aliphatic carbocycles. The highest BCUT2D eigenvalue weighted by Crippen LogP contribution is 2.17. The molecule has 0 aromatic carbocycles. The van der Waals surface area contributed by atoms with Crippen LogP contribution in [0.5, 0.6) is 0 Å². The predicted octanol–water partition coefficient (Wildman–Crippen LogP) is 0.984. The molecule has 2 aromatic heterocycles. The van der Waals surface area contributed by atoms with Gasteiger partial charge in [0.15, 0.2) is 0 Å². The molecule has 0 aliphatic heterocycles. The van der Waals surface area contributed by atoms with E-state index >= 15 is 0 Å². The normalized spacial score (nSPS) is 10.4. The average Bonchev–Trinajstić information content (AvgIpc) is 2.61. The monoisotopic (exact) mass is 205 g/mol. The van der Waals surface area contributed by atoms with E-state index in [9.17, 15) is 14.9 Å². The van der Waals surface area contributed by atoms with Crippen molar-refractivity contribution in [3.05, 3.63) is 40.3 Å². The molecule has 0 unspecified atom stereocenters. The van der Waals surface area contributed by atoms with Crippen molar-refractivity contribution >= 4 is 17.6 Å². The van der Waals surface area contributed by atoms with Gasteiger partial charge in [0.25, 0.3) is 0 Å². The zero-order valence-electron chi connectivity index (χ0n) is 7.66. The molecule has 0 spiro atoms. The average molecular weight is 205 g/mol. The fourth-order valence-electron chi connectivity index (χ4n) is 1.39. The van der Waals surface area contributed by atoms with Crippen LogP contribution in [-0.2, 0) is 11.2 Å². The number of nitro groups is 1. The smallest absolute Gasteiger partial charge is 0.358 e. The van der Waals surface area contributed by atoms with Crippen molar-refractivity contribution in [2.24, 2.45) is 0 Å². The van der Waals surface area contributed by atoms with E-state index in [1.54, 1.807) is 18.3 Å². The maximum absolute atomic E-state index is 10.6. The molecule has 0 N–H and O–H groups in total. The molecule has 2 heterocycles. The summed E-state index contributed by atoms with van der Waals surface area (Å²) in [7, 11) is 0. The van der Waals surface area contributed by atoms with E-state index in [1.807, 2.05) is 0 Å². The third kappa shape index (κ3) is 1.56. The standard InChI is InChI=1S/C9H7N3O3/c13-4-3-7-1-2-8-9(12(14)15)10-6-11(8)5-7/h1-2,4-6H,3H2. The van der Waals surface area contributed by atoms with Crippen molar-refractivity contribution in [3.8, 4) is 0 Å². The summed E-state index contributed by atoms with van der Waals surface area (Å²) < 4.78 is 1.54. The maximum Gasteiger partial charge on any atom is 0.389 e. The number of hydrogen-bond acceptors (Lipinski definition) is 4. The molecule has 0 saturated carbocycles. The summed E-state index contributed by atoms with van der Waals surface area (Å²) in [6, 6.07) is 3.27. The largest absolute Gasteiger partial charge is 0.389 e. The van der Waals surface area contributed by atoms with Crippen LogP contribution in [0.15, 0.2) is 24.7 Å². The number of carbonyl (C=O) groups excluding carboxylic acids is 1. The fraction of sp³-hybridized carbons (Fsp3) is 0.111. The van der Waals surface area contributed by atoms with Crippen LogP contribution in [0, 0.1) is 10.1 Å². The summed E-state index contributed by atoms with van der Waals surface area (Å²) in [4.78, 5) is 24.0. The molecule has 76 valence electrons. The van der Waals surface area contributed by atoms with Gasteiger partial charge in [-0.05, 0) is 21.5 Å². The predicted molar refractivity (Wildman–Crippen MR) is 51.6 cm³/mol. The molecule has 0 fully saturated rings. The lowest BCUT2D eigenvalue weighted by atomic mass is 10.2. The van der Waals surface area contributed by atoms with Crippen molar-refractivity contribution in [2.45, 2.75) is 6.42 Å². The molecule has 15 heavy (non-hydrogen) atoms. The van der Waals surface area contributed by atoms with Crippen LogP contribution in [-0.4, -0.2) is 20.6 Å². The summed E-state index contributed by atoms with van der Waals surface area (Å²) in [6.45, 7) is 0. The SMILES string of the molecule is O=CCc1ccc2c([N+](=O)[O-])ncn2c1. The van der Waals surface area contributed by atoms with Gasteiger partial charge in [0.2, 0.25) is 6.33 Å². The van der Waals surface area contributed by atoms with E-state index in [0.717, 1.165) is 11.8 Å². The highest BCUT2D eigenvalue weighted by molar-refractivity contribution is 5.63. The number of aromatic nitrogens is 2. The molecule has 0 atom stereocenters. The van der Waals surface area contributed by atoms with E-state index in [1.165, 1.54) is 10.7 Å². The summed E-state index contributed by atoms with van der Waals surface area (Å²) in [5, 5.41) is 10.6. The highest BCUT2D eigenvalue weighted by atomic mass is 16.6. The molecular formula is C9H7N3O3. The van der Waals surface area contributed by atoms with E-state index in [4.69, 9.17) is 0 Å². The van der Waals surface area contributed by atoms with Crippen molar-refractivity contribution in [2.75, 3.05) is 0 Å². The van der Waals surface area contributed by atoms with Crippen LogP contribution in [0.3, 0.4) is 0 Å². The second-order valence-corrected chi connectivity index (χ2v) is 3.03. The van der Waals surface area contributed by atoms with Gasteiger partial charge in [0, 0.05) is 12.6 Å². The van der Waals surface area contributed by atoms with Crippen LogP contribution >= 0.6 is 0 Å². The van der Waals surface area contributed by atoms with Crippen molar-refractivity contribution in [3.63, 3.8) is 0 Å². The first kappa shape index (κ1) is 9.32. The Morgan fingerprint density at radius 1 is 1.53 bits per heavy atom. The Morgan fingerprint density at radius 2 is 2.33 bits per heavy atom. The molecular weight excluding hydrogens is 198 g/mol. The molecule has 2 aromatic rings. The maximum atomic E-state index is 10.6. The van der Waals surface area contributed by atoms with Gasteiger partial charge in [0.05, 0.1) is 0 Å². The second-order valence-electron chi connectivity index (χ2n) is 3.03. The van der Waals surface area contributed by atoms with E-state index in [2.05, 4.69) is 4.98 Å². The molecule has 0 saturated heterocycles. The summed E-state index contributed by atoms with van der Waals surface area (Å²) in [5.41, 5.74) is 1.22. The van der Waals surface area contributed by atoms with Crippen LogP contribution in [0.2, 0.25) is 0 Å². The fourth-order valence-corrected chi connectivity index (χ4v) is 1.39. The molecule has 2 rings (SSSR count). The zero-order valence-corrected chi connectivity index (χ0v) is 7.66. The van der Waals surface area contributed by atoms with Crippen LogP contribution in [0.4, 0.5) is 5.82 Å². The van der Waals surface area contributed by atoms with Crippen LogP contribution < -0.4 is 0 Å². The van der Waals surface area contributed by atoms with E-state index in [0.29, 0.717) is 11.9 Å². The third-order valence-corrected chi connectivity index (χ3v) is 2.06. The summed E-state index contributed by atoms with van der Waals surface area (Å²) in [6.07, 6.45) is 4.10. The lowest BCUT2D eigenvalue weighted by Gasteiger charge is -1.96. The minimum absolute atomic E-state index is 0.173. The lowest BCUT2D eigenvalue weighted by molar-refractivity contribution is -0.387. The Kier molecular flexibility index (Phi) is 2.17. The number of aldehydes is 1. The first-order valence-electron chi connectivity index (χ1n) is 4.26. The summed E-state index contributed by atoms with van der Waals surface area (Å²) >= 11 is 0. The number of hydrogen-bond donors (Lipinski definition) is 0. The number of pyridine rings is 1. The van der Waals surface area contributed by atoms with E-state index in [-0.39, 0.29) is 5.82 Å². The Balaban J connectivity index is 2.56. The van der Waals surface area contributed by atoms with Gasteiger partial charge < -0.3 is 14.9 Å². The molecule has 0 amide bonds. The first-order chi connectivity index (χ1) is 7.22. The van der Waals surface area contributed by atoms with Gasteiger partial charge in [-0.3, -0.25) is 4.40 Å². The second kappa shape index (κ2) is 3.49. The van der Waals surface area contributed by atoms with Crippen LogP contribution in [0.25, 0.3) is 5.52 Å². The van der Waals surface area contributed by atoms with E-state index < -0.39 is 4.92 Å². The van der Waals surface area contributed by atoms with Crippen molar-refractivity contribution < 1.29 is 9.72 Å². The van der Waals surface area contributed by atoms with Gasteiger partial charge in [-0.15, -0.1) is 0 Å². The van der Waals surface area contributed by atoms with Gasteiger partial charge in [-0.2, -0.15) is 0 Å². The van der Waals surface area contributed by atoms with Crippen molar-refractivity contribution in [1.29, 1.82) is 0 Å². The van der Waals surface area contributed by atoms with Gasteiger partial charge in [0.1, 0.15) is 11.8 Å². The first-order valence-corrected chi connectivity index (χ1v) is 4.26. The minimum atomic E-state index is -0.533. The third-order valence-electron chi connectivity index (χ3n) is 2.06. The number of imidazole rings is 1. The topological polar surface area (TPSA) is 77.5 Å². The van der Waals surface area contributed by atoms with Gasteiger partial charge in [-0.25, -0.2) is 0 Å². The number of rotatable bonds is 3. The number of carbonyl (C=O) groups is 1. The molecule has 0 aliphatic rings. The Bertz CT molecular complexity index is 532. The molecule has 6 heteroatoms. The van der Waals surface area contributed by atoms with Gasteiger partial charge in [-0.1, -0.05) is 6.07 Å². The molecule has 0 radical (unpaired) electrons. The lowest BCUT2D eigenvalue weighted by Crippen LogP contribution is -1.92. The summed E-state index contributed by atoms with van der Waals surface area (Å²) in [5.74, 6) is -0.173. The van der Waals surface area contributed by atoms with Crippen molar-refractivity contribution in [1.82, 2.24) is 9.38 Å². The highest BCUT2D eigenvalue weighted by Gasteiger charge is 2.14. The molecule has 0 bridgehead atoms. The van der Waals surface area contributed by atoms with Gasteiger partial charge >= 0.3 is 5.82 Å². The zero-order chi connectivity index (χ0) is 10.8. The quantitative estimate of drug-likeness (QED) is 0.425. The Morgan fingerprint density at radius 3 is 3.00 bits per heavy atom. The number of fused-ring (bicyclic) bond motifs is 1. The minimum Gasteiger partial charge on any atom is -0.358 e. The Hall–Kier alpha value is -2.24. The van der Waals surface area contributed by atoms with Crippen LogP contribution in [0.1, 0.15) is 5.56 Å². The number of nitrogens with zero attached hydrogens (tertiary/aromatic N) is 3. The Labute approximate surface area is 84.3 Å². The molecule has 6 nitrogen and oxygen atoms in total.